The van der Waals surface area contributed by atoms with Crippen molar-refractivity contribution in [2.75, 3.05) is 0 Å². The first-order chi connectivity index (χ1) is 12.1. The smallest absolute Gasteiger partial charge is 0.330 e. The van der Waals surface area contributed by atoms with Crippen LogP contribution in [-0.4, -0.2) is 22.5 Å². The fraction of sp³-hybridized carbons (Fsp3) is 0.333. The van der Waals surface area contributed by atoms with Gasteiger partial charge in [-0.2, -0.15) is 0 Å². The van der Waals surface area contributed by atoms with Gasteiger partial charge in [0.15, 0.2) is 0 Å². The molecule has 0 fully saturated rings. The maximum Gasteiger partial charge on any atom is 0.330 e. The highest BCUT2D eigenvalue weighted by Crippen LogP contribution is 2.34. The molecule has 4 nitrogen and oxygen atoms in total. The topological polar surface area (TPSA) is 66.4 Å². The second-order valence-electron chi connectivity index (χ2n) is 7.14. The average molecular weight is 335 g/mol. The molecule has 0 unspecified atom stereocenters. The van der Waals surface area contributed by atoms with Gasteiger partial charge in [-0.3, -0.25) is 4.79 Å². The minimum Gasteiger partial charge on any atom is -0.479 e. The quantitative estimate of drug-likeness (QED) is 0.906. The lowest BCUT2D eigenvalue weighted by Crippen LogP contribution is -2.56. The Bertz CT molecular complexity index is 818. The van der Waals surface area contributed by atoms with Crippen molar-refractivity contribution in [3.63, 3.8) is 0 Å². The number of carboxylic acids is 1. The van der Waals surface area contributed by atoms with E-state index in [9.17, 15) is 14.7 Å². The monoisotopic (exact) mass is 335 g/mol. The second kappa shape index (κ2) is 6.03. The number of rotatable bonds is 3. The summed E-state index contributed by atoms with van der Waals surface area (Å²) >= 11 is 0. The Balaban J connectivity index is 1.61. The van der Waals surface area contributed by atoms with E-state index in [4.69, 9.17) is 0 Å². The van der Waals surface area contributed by atoms with Gasteiger partial charge < -0.3 is 10.4 Å². The molecule has 4 heteroatoms. The van der Waals surface area contributed by atoms with Gasteiger partial charge >= 0.3 is 5.97 Å². The fourth-order valence-corrected chi connectivity index (χ4v) is 4.26. The van der Waals surface area contributed by atoms with Gasteiger partial charge in [0.1, 0.15) is 5.54 Å². The van der Waals surface area contributed by atoms with Crippen LogP contribution in [0.4, 0.5) is 0 Å². The number of amides is 1. The van der Waals surface area contributed by atoms with E-state index in [1.807, 2.05) is 42.5 Å². The normalized spacial score (nSPS) is 20.4. The summed E-state index contributed by atoms with van der Waals surface area (Å²) in [4.78, 5) is 25.0. The van der Waals surface area contributed by atoms with Crippen LogP contribution >= 0.6 is 0 Å². The number of carbonyl (C=O) groups is 2. The van der Waals surface area contributed by atoms with Crippen molar-refractivity contribution in [1.82, 2.24) is 5.32 Å². The van der Waals surface area contributed by atoms with Gasteiger partial charge in [-0.25, -0.2) is 4.79 Å². The van der Waals surface area contributed by atoms with Gasteiger partial charge in [0.2, 0.25) is 5.91 Å². The number of fused-ring (bicyclic) bond motifs is 2. The van der Waals surface area contributed by atoms with Gasteiger partial charge in [-0.05, 0) is 41.5 Å². The van der Waals surface area contributed by atoms with Crippen LogP contribution in [0.25, 0.3) is 0 Å². The van der Waals surface area contributed by atoms with Gasteiger partial charge in [0, 0.05) is 12.8 Å². The number of aryl methyl sites for hydroxylation is 1. The third-order valence-corrected chi connectivity index (χ3v) is 5.56. The van der Waals surface area contributed by atoms with Crippen LogP contribution in [0, 0.1) is 0 Å². The Morgan fingerprint density at radius 2 is 1.56 bits per heavy atom. The summed E-state index contributed by atoms with van der Waals surface area (Å²) in [6.07, 6.45) is 3.40. The summed E-state index contributed by atoms with van der Waals surface area (Å²) in [6.45, 7) is 0. The molecule has 1 amide bonds. The standard InChI is InChI=1S/C21H21NO3/c23-19(18-11-5-9-14-6-3-4-10-17(14)18)22-21(20(24)25)12-15-7-1-2-8-16(15)13-21/h1-4,6-8,10,18H,5,9,11-13H2,(H,22,23)(H,24,25)/t18-/m1/s1. The van der Waals surface area contributed by atoms with Crippen molar-refractivity contribution in [3.8, 4) is 0 Å². The van der Waals surface area contributed by atoms with E-state index in [2.05, 4.69) is 11.4 Å². The lowest BCUT2D eigenvalue weighted by Gasteiger charge is -2.30. The average Bonchev–Trinajstić information content (AvgIpc) is 3.00. The number of benzene rings is 2. The molecule has 0 aromatic heterocycles. The number of hydrogen-bond donors (Lipinski definition) is 2. The highest BCUT2D eigenvalue weighted by molar-refractivity contribution is 5.92. The van der Waals surface area contributed by atoms with Gasteiger partial charge in [-0.15, -0.1) is 0 Å². The number of aliphatic carboxylic acids is 1. The summed E-state index contributed by atoms with van der Waals surface area (Å²) < 4.78 is 0. The van der Waals surface area contributed by atoms with E-state index >= 15 is 0 Å². The molecular weight excluding hydrogens is 314 g/mol. The first-order valence-electron chi connectivity index (χ1n) is 8.79. The second-order valence-corrected chi connectivity index (χ2v) is 7.14. The molecule has 0 radical (unpaired) electrons. The third kappa shape index (κ3) is 2.72. The maximum absolute atomic E-state index is 13.0. The van der Waals surface area contributed by atoms with Crippen LogP contribution < -0.4 is 5.32 Å². The first-order valence-corrected chi connectivity index (χ1v) is 8.79. The Morgan fingerprint density at radius 1 is 0.960 bits per heavy atom. The molecule has 2 aromatic rings. The summed E-state index contributed by atoms with van der Waals surface area (Å²) in [7, 11) is 0. The van der Waals surface area contributed by atoms with Crippen LogP contribution in [0.3, 0.4) is 0 Å². The summed E-state index contributed by atoms with van der Waals surface area (Å²) in [5.41, 5.74) is 3.03. The number of carboxylic acid groups (broad SMARTS) is 1. The Labute approximate surface area is 146 Å². The van der Waals surface area contributed by atoms with E-state index in [-0.39, 0.29) is 11.8 Å². The fourth-order valence-electron chi connectivity index (χ4n) is 4.26. The molecule has 2 aliphatic rings. The Hall–Kier alpha value is -2.62. The van der Waals surface area contributed by atoms with Crippen LogP contribution in [0.15, 0.2) is 48.5 Å². The summed E-state index contributed by atoms with van der Waals surface area (Å²) in [6, 6.07) is 15.7. The van der Waals surface area contributed by atoms with Crippen molar-refractivity contribution in [2.24, 2.45) is 0 Å². The van der Waals surface area contributed by atoms with E-state index in [1.54, 1.807) is 0 Å². The maximum atomic E-state index is 13.0. The van der Waals surface area contributed by atoms with Crippen LogP contribution in [0.5, 0.6) is 0 Å². The first kappa shape index (κ1) is 15.9. The van der Waals surface area contributed by atoms with Gasteiger partial charge in [-0.1, -0.05) is 48.5 Å². The molecule has 2 N–H and O–H groups in total. The molecule has 128 valence electrons. The zero-order valence-electron chi connectivity index (χ0n) is 14.0. The minimum atomic E-state index is -1.23. The molecular formula is C21H21NO3. The molecule has 0 aliphatic heterocycles. The molecule has 0 spiro atoms. The molecule has 0 saturated carbocycles. The van der Waals surface area contributed by atoms with Crippen LogP contribution in [0.2, 0.25) is 0 Å². The molecule has 2 aromatic carbocycles. The van der Waals surface area contributed by atoms with Crippen molar-refractivity contribution >= 4 is 11.9 Å². The molecule has 1 atom stereocenters. The lowest BCUT2D eigenvalue weighted by atomic mass is 9.81. The van der Waals surface area contributed by atoms with Crippen LogP contribution in [0.1, 0.15) is 41.0 Å². The third-order valence-electron chi connectivity index (χ3n) is 5.56. The van der Waals surface area contributed by atoms with Gasteiger partial charge in [0.25, 0.3) is 0 Å². The lowest BCUT2D eigenvalue weighted by molar-refractivity contribution is -0.147. The van der Waals surface area contributed by atoms with Crippen molar-refractivity contribution in [1.29, 1.82) is 0 Å². The molecule has 0 saturated heterocycles. The van der Waals surface area contributed by atoms with E-state index < -0.39 is 11.5 Å². The van der Waals surface area contributed by atoms with Crippen molar-refractivity contribution in [3.05, 3.63) is 70.8 Å². The molecule has 2 aliphatic carbocycles. The number of carbonyl (C=O) groups excluding carboxylic acids is 1. The minimum absolute atomic E-state index is 0.164. The molecule has 4 rings (SSSR count). The number of nitrogens with one attached hydrogen (secondary N) is 1. The zero-order chi connectivity index (χ0) is 17.4. The predicted molar refractivity (Wildman–Crippen MR) is 94.5 cm³/mol. The molecule has 0 bridgehead atoms. The SMILES string of the molecule is O=C(NC1(C(=O)O)Cc2ccccc2C1)[C@@H]1CCCc2ccccc21. The van der Waals surface area contributed by atoms with Crippen molar-refractivity contribution in [2.45, 2.75) is 43.6 Å². The van der Waals surface area contributed by atoms with E-state index in [0.717, 1.165) is 36.0 Å². The Kier molecular flexibility index (Phi) is 3.83. The van der Waals surface area contributed by atoms with Crippen molar-refractivity contribution < 1.29 is 14.7 Å². The zero-order valence-corrected chi connectivity index (χ0v) is 14.0. The largest absolute Gasteiger partial charge is 0.479 e. The highest BCUT2D eigenvalue weighted by atomic mass is 16.4. The highest BCUT2D eigenvalue weighted by Gasteiger charge is 2.46. The number of hydrogen-bond acceptors (Lipinski definition) is 2. The summed E-state index contributed by atoms with van der Waals surface area (Å²) in [5, 5.41) is 12.8. The van der Waals surface area contributed by atoms with Gasteiger partial charge in [0.05, 0.1) is 5.92 Å². The van der Waals surface area contributed by atoms with E-state index in [0.29, 0.717) is 12.8 Å². The molecule has 0 heterocycles. The van der Waals surface area contributed by atoms with E-state index in [1.165, 1.54) is 5.56 Å². The van der Waals surface area contributed by atoms with Crippen LogP contribution in [-0.2, 0) is 28.9 Å². The molecule has 25 heavy (non-hydrogen) atoms. The Morgan fingerprint density at radius 3 is 2.20 bits per heavy atom. The predicted octanol–water partition coefficient (Wildman–Crippen LogP) is 2.84. The summed E-state index contributed by atoms with van der Waals surface area (Å²) in [5.74, 6) is -1.38.